The molecule has 5 rings (SSSR count). The molecule has 39 heavy (non-hydrogen) atoms. The standard InChI is InChI=1S/C33H39N3O3/c1-32(2,3)33(38-4)18-10-9-15-30(33)35-31(37)34-29-17-16-27(26-13-7-8-14-28(26)29)25-12-6-5-11-24(25)23-36-19-21-39-22-20-36/h5-18,30H,19-23H2,1-4H3,(H2,34,35,37). The van der Waals surface area contributed by atoms with Crippen molar-refractivity contribution in [1.82, 2.24) is 10.2 Å². The number of hydrogen-bond donors (Lipinski definition) is 2. The molecule has 1 heterocycles. The highest BCUT2D eigenvalue weighted by molar-refractivity contribution is 6.07. The Bertz CT molecular complexity index is 1380. The normalized spacial score (nSPS) is 21.7. The van der Waals surface area contributed by atoms with Crippen LogP contribution in [0, 0.1) is 5.41 Å². The van der Waals surface area contributed by atoms with Crippen molar-refractivity contribution in [2.24, 2.45) is 5.41 Å². The maximum Gasteiger partial charge on any atom is 0.319 e. The Balaban J connectivity index is 1.42. The highest BCUT2D eigenvalue weighted by Gasteiger charge is 2.47. The molecule has 3 aromatic rings. The first-order chi connectivity index (χ1) is 18.8. The summed E-state index contributed by atoms with van der Waals surface area (Å²) < 4.78 is 11.6. The average molecular weight is 526 g/mol. The molecule has 204 valence electrons. The van der Waals surface area contributed by atoms with E-state index in [1.54, 1.807) is 7.11 Å². The number of fused-ring (bicyclic) bond motifs is 1. The topological polar surface area (TPSA) is 62.8 Å². The van der Waals surface area contributed by atoms with Crippen molar-refractivity contribution in [3.63, 3.8) is 0 Å². The Labute approximate surface area is 231 Å². The van der Waals surface area contributed by atoms with Gasteiger partial charge in [-0.15, -0.1) is 0 Å². The van der Waals surface area contributed by atoms with Crippen molar-refractivity contribution in [3.8, 4) is 11.1 Å². The van der Waals surface area contributed by atoms with Crippen molar-refractivity contribution < 1.29 is 14.3 Å². The second-order valence-corrected chi connectivity index (χ2v) is 11.3. The number of nitrogens with one attached hydrogen (secondary N) is 2. The van der Waals surface area contributed by atoms with Gasteiger partial charge < -0.3 is 20.1 Å². The van der Waals surface area contributed by atoms with Gasteiger partial charge in [0.1, 0.15) is 5.60 Å². The van der Waals surface area contributed by atoms with E-state index in [0.717, 1.165) is 54.9 Å². The van der Waals surface area contributed by atoms with E-state index in [0.29, 0.717) is 0 Å². The molecule has 0 aromatic heterocycles. The van der Waals surface area contributed by atoms with E-state index in [9.17, 15) is 4.79 Å². The van der Waals surface area contributed by atoms with Gasteiger partial charge in [0.15, 0.2) is 0 Å². The lowest BCUT2D eigenvalue weighted by atomic mass is 9.70. The minimum absolute atomic E-state index is 0.232. The number of carbonyl (C=O) groups excluding carboxylic acids is 1. The molecular formula is C33H39N3O3. The van der Waals surface area contributed by atoms with Crippen LogP contribution in [0.15, 0.2) is 85.0 Å². The maximum atomic E-state index is 13.3. The fourth-order valence-electron chi connectivity index (χ4n) is 5.86. The van der Waals surface area contributed by atoms with Crippen molar-refractivity contribution in [1.29, 1.82) is 0 Å². The first kappa shape index (κ1) is 27.1. The minimum atomic E-state index is -0.658. The third-order valence-electron chi connectivity index (χ3n) is 7.99. The Hall–Kier alpha value is -3.45. The van der Waals surface area contributed by atoms with Gasteiger partial charge in [0.25, 0.3) is 0 Å². The van der Waals surface area contributed by atoms with Crippen LogP contribution in [0.3, 0.4) is 0 Å². The minimum Gasteiger partial charge on any atom is -0.379 e. The number of anilines is 1. The Morgan fingerprint density at radius 3 is 2.44 bits per heavy atom. The summed E-state index contributed by atoms with van der Waals surface area (Å²) in [5, 5.41) is 8.37. The smallest absolute Gasteiger partial charge is 0.319 e. The van der Waals surface area contributed by atoms with Crippen molar-refractivity contribution in [2.45, 2.75) is 39.0 Å². The van der Waals surface area contributed by atoms with E-state index >= 15 is 0 Å². The molecule has 3 aromatic carbocycles. The van der Waals surface area contributed by atoms with Crippen LogP contribution in [0.25, 0.3) is 21.9 Å². The van der Waals surface area contributed by atoms with Crippen molar-refractivity contribution >= 4 is 22.5 Å². The van der Waals surface area contributed by atoms with E-state index in [1.807, 2.05) is 36.4 Å². The van der Waals surface area contributed by atoms with Crippen LogP contribution >= 0.6 is 0 Å². The van der Waals surface area contributed by atoms with Crippen LogP contribution in [-0.4, -0.2) is 56.0 Å². The number of nitrogens with zero attached hydrogens (tertiary/aromatic N) is 1. The molecular weight excluding hydrogens is 486 g/mol. The number of amides is 2. The molecule has 6 heteroatoms. The van der Waals surface area contributed by atoms with Gasteiger partial charge in [-0.1, -0.05) is 93.6 Å². The molecule has 1 aliphatic heterocycles. The molecule has 0 saturated carbocycles. The second-order valence-electron chi connectivity index (χ2n) is 11.3. The Kier molecular flexibility index (Phi) is 7.89. The quantitative estimate of drug-likeness (QED) is 0.392. The molecule has 0 bridgehead atoms. The largest absolute Gasteiger partial charge is 0.379 e. The Morgan fingerprint density at radius 1 is 0.974 bits per heavy atom. The molecule has 2 N–H and O–H groups in total. The van der Waals surface area contributed by atoms with E-state index in [1.165, 1.54) is 11.1 Å². The molecule has 2 amide bonds. The van der Waals surface area contributed by atoms with E-state index < -0.39 is 5.60 Å². The molecule has 0 radical (unpaired) electrons. The molecule has 2 aliphatic rings. The summed E-state index contributed by atoms with van der Waals surface area (Å²) in [6, 6.07) is 20.4. The summed E-state index contributed by atoms with van der Waals surface area (Å²) in [6.45, 7) is 10.7. The molecule has 1 saturated heterocycles. The van der Waals surface area contributed by atoms with Crippen LogP contribution in [0.4, 0.5) is 10.5 Å². The number of urea groups is 1. The van der Waals surface area contributed by atoms with Gasteiger partial charge in [-0.05, 0) is 39.6 Å². The zero-order valence-corrected chi connectivity index (χ0v) is 23.4. The van der Waals surface area contributed by atoms with Crippen LogP contribution in [0.1, 0.15) is 26.3 Å². The predicted molar refractivity (Wildman–Crippen MR) is 159 cm³/mol. The predicted octanol–water partition coefficient (Wildman–Crippen LogP) is 6.39. The van der Waals surface area contributed by atoms with Gasteiger partial charge in [-0.3, -0.25) is 4.90 Å². The lowest BCUT2D eigenvalue weighted by Crippen LogP contribution is -2.59. The van der Waals surface area contributed by atoms with Gasteiger partial charge in [0.2, 0.25) is 0 Å². The highest BCUT2D eigenvalue weighted by atomic mass is 16.5. The fourth-order valence-corrected chi connectivity index (χ4v) is 5.86. The summed E-state index contributed by atoms with van der Waals surface area (Å²) in [4.78, 5) is 15.8. The summed E-state index contributed by atoms with van der Waals surface area (Å²) >= 11 is 0. The van der Waals surface area contributed by atoms with Crippen molar-refractivity contribution in [3.05, 3.63) is 90.5 Å². The van der Waals surface area contributed by atoms with E-state index in [-0.39, 0.29) is 17.5 Å². The monoisotopic (exact) mass is 525 g/mol. The van der Waals surface area contributed by atoms with Gasteiger partial charge in [0.05, 0.1) is 24.9 Å². The molecule has 0 spiro atoms. The highest BCUT2D eigenvalue weighted by Crippen LogP contribution is 2.40. The average Bonchev–Trinajstić information content (AvgIpc) is 2.94. The summed E-state index contributed by atoms with van der Waals surface area (Å²) in [7, 11) is 1.70. The lowest BCUT2D eigenvalue weighted by molar-refractivity contribution is -0.0665. The van der Waals surface area contributed by atoms with E-state index in [2.05, 4.69) is 84.8 Å². The summed E-state index contributed by atoms with van der Waals surface area (Å²) in [5.41, 5.74) is 3.54. The molecule has 6 nitrogen and oxygen atoms in total. The number of hydrogen-bond acceptors (Lipinski definition) is 4. The first-order valence-corrected chi connectivity index (χ1v) is 13.7. The summed E-state index contributed by atoms with van der Waals surface area (Å²) in [5.74, 6) is 0. The zero-order chi connectivity index (χ0) is 27.5. The van der Waals surface area contributed by atoms with Crippen molar-refractivity contribution in [2.75, 3.05) is 38.7 Å². The first-order valence-electron chi connectivity index (χ1n) is 13.7. The molecule has 2 unspecified atom stereocenters. The lowest BCUT2D eigenvalue weighted by Gasteiger charge is -2.47. The van der Waals surface area contributed by atoms with E-state index in [4.69, 9.17) is 9.47 Å². The Morgan fingerprint density at radius 2 is 1.69 bits per heavy atom. The van der Waals surface area contributed by atoms with Crippen LogP contribution < -0.4 is 10.6 Å². The number of ether oxygens (including phenoxy) is 2. The van der Waals surface area contributed by atoms with Crippen LogP contribution in [0.5, 0.6) is 0 Å². The van der Waals surface area contributed by atoms with Crippen LogP contribution in [-0.2, 0) is 16.0 Å². The number of methoxy groups -OCH3 is 1. The molecule has 2 atom stereocenters. The van der Waals surface area contributed by atoms with Gasteiger partial charge in [-0.2, -0.15) is 0 Å². The summed E-state index contributed by atoms with van der Waals surface area (Å²) in [6.07, 6.45) is 7.96. The maximum absolute atomic E-state index is 13.3. The third kappa shape index (κ3) is 5.50. The van der Waals surface area contributed by atoms with Crippen LogP contribution in [0.2, 0.25) is 0 Å². The fraction of sp³-hybridized carbons (Fsp3) is 0.364. The number of rotatable bonds is 6. The second kappa shape index (κ2) is 11.3. The number of benzene rings is 3. The van der Waals surface area contributed by atoms with Gasteiger partial charge >= 0.3 is 6.03 Å². The number of allylic oxidation sites excluding steroid dienone is 2. The van der Waals surface area contributed by atoms with Gasteiger partial charge in [-0.25, -0.2) is 4.79 Å². The molecule has 1 aliphatic carbocycles. The zero-order valence-electron chi connectivity index (χ0n) is 23.4. The molecule has 1 fully saturated rings. The SMILES string of the molecule is COC1(C(C)(C)C)C=CC=CC1NC(=O)Nc1ccc(-c2ccccc2CN2CCOCC2)c2ccccc12. The number of morpholine rings is 1. The number of carbonyl (C=O) groups is 1. The van der Waals surface area contributed by atoms with Gasteiger partial charge in [0, 0.05) is 32.1 Å². The third-order valence-corrected chi connectivity index (χ3v) is 7.99.